The van der Waals surface area contributed by atoms with Crippen molar-refractivity contribution >= 4 is 33.0 Å². The SMILES string of the molecule is CCc1cccc(NC(=O)C[NH+]2CCN(S(=O)(=O)c3cccs3)CC2)c1. The van der Waals surface area contributed by atoms with Crippen LogP contribution in [0, 0.1) is 0 Å². The normalized spacial score (nSPS) is 16.5. The van der Waals surface area contributed by atoms with Gasteiger partial charge in [0.15, 0.2) is 6.54 Å². The number of sulfonamides is 1. The highest BCUT2D eigenvalue weighted by molar-refractivity contribution is 7.91. The fourth-order valence-corrected chi connectivity index (χ4v) is 5.64. The topological polar surface area (TPSA) is 70.9 Å². The molecule has 0 unspecified atom stereocenters. The van der Waals surface area contributed by atoms with Crippen LogP contribution in [0.25, 0.3) is 0 Å². The number of carbonyl (C=O) groups excluding carboxylic acids is 1. The summed E-state index contributed by atoms with van der Waals surface area (Å²) in [5, 5.41) is 4.71. The number of anilines is 1. The minimum Gasteiger partial charge on any atom is -0.325 e. The van der Waals surface area contributed by atoms with E-state index in [0.29, 0.717) is 36.9 Å². The minimum atomic E-state index is -3.39. The van der Waals surface area contributed by atoms with Crippen LogP contribution in [0.2, 0.25) is 0 Å². The van der Waals surface area contributed by atoms with Crippen molar-refractivity contribution < 1.29 is 18.1 Å². The fraction of sp³-hybridized carbons (Fsp3) is 0.389. The first kappa shape index (κ1) is 19.0. The summed E-state index contributed by atoms with van der Waals surface area (Å²) < 4.78 is 27.0. The second-order valence-electron chi connectivity index (χ2n) is 6.37. The van der Waals surface area contributed by atoms with E-state index in [0.717, 1.165) is 17.0 Å². The summed E-state index contributed by atoms with van der Waals surface area (Å²) in [6.45, 7) is 4.57. The molecule has 0 atom stereocenters. The highest BCUT2D eigenvalue weighted by atomic mass is 32.2. The Balaban J connectivity index is 1.51. The van der Waals surface area contributed by atoms with Crippen molar-refractivity contribution in [2.75, 3.05) is 38.0 Å². The predicted molar refractivity (Wildman–Crippen MR) is 103 cm³/mol. The maximum atomic E-state index is 12.5. The minimum absolute atomic E-state index is 0.0391. The number of rotatable bonds is 6. The highest BCUT2D eigenvalue weighted by Crippen LogP contribution is 2.20. The second kappa shape index (κ2) is 8.30. The van der Waals surface area contributed by atoms with E-state index in [2.05, 4.69) is 12.2 Å². The van der Waals surface area contributed by atoms with E-state index in [1.165, 1.54) is 21.2 Å². The van der Waals surface area contributed by atoms with Gasteiger partial charge in [0.25, 0.3) is 15.9 Å². The van der Waals surface area contributed by atoms with E-state index in [9.17, 15) is 13.2 Å². The number of piperazine rings is 1. The van der Waals surface area contributed by atoms with Crippen LogP contribution < -0.4 is 10.2 Å². The Bertz CT molecular complexity index is 842. The predicted octanol–water partition coefficient (Wildman–Crippen LogP) is 0.838. The molecule has 0 aliphatic carbocycles. The van der Waals surface area contributed by atoms with Crippen molar-refractivity contribution in [3.05, 3.63) is 47.3 Å². The third-order valence-electron chi connectivity index (χ3n) is 4.55. The molecule has 8 heteroatoms. The van der Waals surface area contributed by atoms with Gasteiger partial charge in [0.05, 0.1) is 26.2 Å². The molecule has 1 amide bonds. The average Bonchev–Trinajstić information content (AvgIpc) is 3.18. The van der Waals surface area contributed by atoms with E-state index in [1.807, 2.05) is 24.3 Å². The number of hydrogen-bond donors (Lipinski definition) is 2. The third kappa shape index (κ3) is 4.50. The van der Waals surface area contributed by atoms with Gasteiger partial charge < -0.3 is 10.2 Å². The Morgan fingerprint density at radius 1 is 1.23 bits per heavy atom. The number of hydrogen-bond acceptors (Lipinski definition) is 4. The van der Waals surface area contributed by atoms with Crippen LogP contribution in [-0.2, 0) is 21.2 Å². The van der Waals surface area contributed by atoms with Gasteiger partial charge in [-0.15, -0.1) is 11.3 Å². The molecule has 0 spiro atoms. The van der Waals surface area contributed by atoms with Crippen molar-refractivity contribution in [3.8, 4) is 0 Å². The van der Waals surface area contributed by atoms with Crippen molar-refractivity contribution in [1.29, 1.82) is 0 Å². The van der Waals surface area contributed by atoms with Gasteiger partial charge >= 0.3 is 0 Å². The summed E-state index contributed by atoms with van der Waals surface area (Å²) in [5.41, 5.74) is 2.00. The molecule has 1 saturated heterocycles. The first-order valence-electron chi connectivity index (χ1n) is 8.75. The van der Waals surface area contributed by atoms with Gasteiger partial charge in [-0.2, -0.15) is 4.31 Å². The average molecular weight is 395 g/mol. The van der Waals surface area contributed by atoms with Crippen LogP contribution in [0.5, 0.6) is 0 Å². The lowest BCUT2D eigenvalue weighted by molar-refractivity contribution is -0.895. The molecule has 1 aliphatic rings. The molecule has 2 aromatic rings. The van der Waals surface area contributed by atoms with E-state index in [4.69, 9.17) is 0 Å². The van der Waals surface area contributed by atoms with Gasteiger partial charge in [-0.25, -0.2) is 8.42 Å². The summed E-state index contributed by atoms with van der Waals surface area (Å²) in [7, 11) is -3.39. The van der Waals surface area contributed by atoms with E-state index in [1.54, 1.807) is 17.5 Å². The molecule has 0 radical (unpaired) electrons. The maximum Gasteiger partial charge on any atom is 0.279 e. The Hall–Kier alpha value is -1.74. The highest BCUT2D eigenvalue weighted by Gasteiger charge is 2.31. The standard InChI is InChI=1S/C18H23N3O3S2/c1-2-15-5-3-6-16(13-15)19-17(22)14-20-8-10-21(11-9-20)26(23,24)18-7-4-12-25-18/h3-7,12-13H,2,8-11,14H2,1H3,(H,19,22)/p+1. The molecule has 6 nitrogen and oxygen atoms in total. The van der Waals surface area contributed by atoms with Crippen LogP contribution in [0.15, 0.2) is 46.0 Å². The molecular weight excluding hydrogens is 370 g/mol. The zero-order valence-electron chi connectivity index (χ0n) is 14.8. The molecule has 0 saturated carbocycles. The molecule has 1 aromatic heterocycles. The van der Waals surface area contributed by atoms with Crippen LogP contribution >= 0.6 is 11.3 Å². The summed E-state index contributed by atoms with van der Waals surface area (Å²) in [6, 6.07) is 11.2. The molecule has 2 N–H and O–H groups in total. The lowest BCUT2D eigenvalue weighted by atomic mass is 10.1. The molecule has 0 bridgehead atoms. The third-order valence-corrected chi connectivity index (χ3v) is 7.82. The second-order valence-corrected chi connectivity index (χ2v) is 9.48. The molecule has 1 fully saturated rings. The fourth-order valence-electron chi connectivity index (χ4n) is 3.06. The molecule has 1 aromatic carbocycles. The van der Waals surface area contributed by atoms with Gasteiger partial charge in [-0.05, 0) is 35.6 Å². The summed E-state index contributed by atoms with van der Waals surface area (Å²) in [4.78, 5) is 13.4. The largest absolute Gasteiger partial charge is 0.325 e. The first-order chi connectivity index (χ1) is 12.5. The quantitative estimate of drug-likeness (QED) is 0.763. The van der Waals surface area contributed by atoms with Crippen molar-refractivity contribution in [2.24, 2.45) is 0 Å². The molecule has 26 heavy (non-hydrogen) atoms. The molecular formula is C18H24N3O3S2+. The number of carbonyl (C=O) groups is 1. The van der Waals surface area contributed by atoms with Crippen molar-refractivity contribution in [1.82, 2.24) is 4.31 Å². The number of nitrogens with zero attached hydrogens (tertiary/aromatic N) is 1. The van der Waals surface area contributed by atoms with Crippen LogP contribution in [0.4, 0.5) is 5.69 Å². The van der Waals surface area contributed by atoms with E-state index < -0.39 is 10.0 Å². The summed E-state index contributed by atoms with van der Waals surface area (Å²) in [5.74, 6) is -0.0391. The van der Waals surface area contributed by atoms with Gasteiger partial charge in [0, 0.05) is 5.69 Å². The van der Waals surface area contributed by atoms with E-state index in [-0.39, 0.29) is 5.91 Å². The van der Waals surface area contributed by atoms with Crippen LogP contribution in [0.3, 0.4) is 0 Å². The van der Waals surface area contributed by atoms with Crippen LogP contribution in [-0.4, -0.2) is 51.4 Å². The van der Waals surface area contributed by atoms with Gasteiger partial charge in [-0.1, -0.05) is 25.1 Å². The number of quaternary nitrogens is 1. The Morgan fingerprint density at radius 3 is 2.65 bits per heavy atom. The smallest absolute Gasteiger partial charge is 0.279 e. The summed E-state index contributed by atoms with van der Waals surface area (Å²) >= 11 is 1.24. The van der Waals surface area contributed by atoms with Crippen molar-refractivity contribution in [2.45, 2.75) is 17.6 Å². The number of thiophene rings is 1. The first-order valence-corrected chi connectivity index (χ1v) is 11.1. The molecule has 1 aliphatic heterocycles. The molecule has 2 heterocycles. The molecule has 140 valence electrons. The summed E-state index contributed by atoms with van der Waals surface area (Å²) in [6.07, 6.45) is 0.926. The monoisotopic (exact) mass is 394 g/mol. The molecule has 3 rings (SSSR count). The Kier molecular flexibility index (Phi) is 6.08. The van der Waals surface area contributed by atoms with Gasteiger partial charge in [0.1, 0.15) is 4.21 Å². The zero-order valence-corrected chi connectivity index (χ0v) is 16.4. The van der Waals surface area contributed by atoms with Gasteiger partial charge in [0.2, 0.25) is 0 Å². The number of nitrogens with one attached hydrogen (secondary N) is 2. The van der Waals surface area contributed by atoms with Crippen molar-refractivity contribution in [3.63, 3.8) is 0 Å². The Morgan fingerprint density at radius 2 is 2.00 bits per heavy atom. The van der Waals surface area contributed by atoms with Crippen LogP contribution in [0.1, 0.15) is 12.5 Å². The Labute approximate surface area is 158 Å². The maximum absolute atomic E-state index is 12.5. The van der Waals surface area contributed by atoms with Gasteiger partial charge in [-0.3, -0.25) is 4.79 Å². The number of benzene rings is 1. The zero-order chi connectivity index (χ0) is 18.6. The van der Waals surface area contributed by atoms with E-state index >= 15 is 0 Å². The number of aryl methyl sites for hydroxylation is 1. The lowest BCUT2D eigenvalue weighted by Gasteiger charge is -2.30. The lowest BCUT2D eigenvalue weighted by Crippen LogP contribution is -3.15. The number of amides is 1.